The molecule has 0 bridgehead atoms. The number of carbonyl (C=O) groups excluding carboxylic acids is 1. The zero-order chi connectivity index (χ0) is 14.3. The first kappa shape index (κ1) is 15.6. The number of carbonyl (C=O) groups is 1. The molecule has 1 unspecified atom stereocenters. The van der Waals surface area contributed by atoms with E-state index in [1.54, 1.807) is 24.3 Å². The lowest BCUT2D eigenvalue weighted by atomic mass is 10.0. The van der Waals surface area contributed by atoms with Crippen molar-refractivity contribution in [2.75, 3.05) is 13.2 Å². The van der Waals surface area contributed by atoms with Crippen LogP contribution < -0.4 is 11.5 Å². The maximum absolute atomic E-state index is 11.5. The van der Waals surface area contributed by atoms with Crippen LogP contribution in [0.3, 0.4) is 0 Å². The first-order valence-corrected chi connectivity index (χ1v) is 6.12. The Bertz CT molecular complexity index is 392. The van der Waals surface area contributed by atoms with Crippen molar-refractivity contribution in [3.8, 4) is 0 Å². The van der Waals surface area contributed by atoms with Crippen LogP contribution in [-0.2, 0) is 16.0 Å². The zero-order valence-corrected chi connectivity index (χ0v) is 10.7. The van der Waals surface area contributed by atoms with E-state index >= 15 is 0 Å². The summed E-state index contributed by atoms with van der Waals surface area (Å²) >= 11 is 0. The number of ether oxygens (including phenoxy) is 1. The molecule has 6 heteroatoms. The molecular formula is C13H20N2O4. The summed E-state index contributed by atoms with van der Waals surface area (Å²) in [5.74, 6) is -0.459. The smallest absolute Gasteiger partial charge is 0.323 e. The molecule has 0 spiro atoms. The van der Waals surface area contributed by atoms with Crippen molar-refractivity contribution in [1.29, 1.82) is 0 Å². The standard InChI is InChI=1S/C13H20N2O4/c14-6-1-7-19-13(18)11(15)8-9-2-4-10(5-3-9)12(16)17/h2-5,11-12,16-17H,1,6-8,14-15H2. The summed E-state index contributed by atoms with van der Waals surface area (Å²) in [5, 5.41) is 17.9. The fourth-order valence-corrected chi connectivity index (χ4v) is 1.53. The SMILES string of the molecule is NCCCOC(=O)C(N)Cc1ccc(C(O)O)cc1. The van der Waals surface area contributed by atoms with Gasteiger partial charge in [0.2, 0.25) is 0 Å². The predicted octanol–water partition coefficient (Wildman–Crippen LogP) is -0.568. The summed E-state index contributed by atoms with van der Waals surface area (Å²) in [4.78, 5) is 11.5. The van der Waals surface area contributed by atoms with Crippen molar-refractivity contribution in [3.05, 3.63) is 35.4 Å². The molecule has 0 radical (unpaired) electrons. The number of benzene rings is 1. The van der Waals surface area contributed by atoms with Gasteiger partial charge in [0, 0.05) is 5.56 Å². The molecule has 0 aliphatic carbocycles. The topological polar surface area (TPSA) is 119 Å². The minimum Gasteiger partial charge on any atom is -0.464 e. The van der Waals surface area contributed by atoms with Crippen LogP contribution >= 0.6 is 0 Å². The van der Waals surface area contributed by atoms with E-state index in [0.29, 0.717) is 24.9 Å². The molecule has 1 aromatic carbocycles. The Morgan fingerprint density at radius 2 is 1.89 bits per heavy atom. The highest BCUT2D eigenvalue weighted by atomic mass is 16.5. The van der Waals surface area contributed by atoms with Crippen LogP contribution in [0.15, 0.2) is 24.3 Å². The Morgan fingerprint density at radius 1 is 1.26 bits per heavy atom. The lowest BCUT2D eigenvalue weighted by Crippen LogP contribution is -2.34. The van der Waals surface area contributed by atoms with Gasteiger partial charge in [-0.1, -0.05) is 24.3 Å². The van der Waals surface area contributed by atoms with Gasteiger partial charge in [0.25, 0.3) is 0 Å². The largest absolute Gasteiger partial charge is 0.464 e. The van der Waals surface area contributed by atoms with Gasteiger partial charge in [-0.2, -0.15) is 0 Å². The normalized spacial score (nSPS) is 12.5. The Labute approximate surface area is 112 Å². The van der Waals surface area contributed by atoms with E-state index in [1.807, 2.05) is 0 Å². The van der Waals surface area contributed by atoms with Crippen molar-refractivity contribution in [3.63, 3.8) is 0 Å². The van der Waals surface area contributed by atoms with Gasteiger partial charge in [-0.05, 0) is 24.9 Å². The molecule has 0 amide bonds. The van der Waals surface area contributed by atoms with Gasteiger partial charge in [0.1, 0.15) is 6.04 Å². The Morgan fingerprint density at radius 3 is 2.42 bits per heavy atom. The number of esters is 1. The number of aliphatic hydroxyl groups is 2. The fourth-order valence-electron chi connectivity index (χ4n) is 1.53. The van der Waals surface area contributed by atoms with E-state index in [2.05, 4.69) is 0 Å². The average molecular weight is 268 g/mol. The second-order valence-corrected chi connectivity index (χ2v) is 4.24. The third-order valence-electron chi connectivity index (χ3n) is 2.63. The van der Waals surface area contributed by atoms with Crippen molar-refractivity contribution in [2.45, 2.75) is 25.2 Å². The van der Waals surface area contributed by atoms with E-state index in [9.17, 15) is 4.79 Å². The molecule has 0 aliphatic rings. The summed E-state index contributed by atoms with van der Waals surface area (Å²) in [6.45, 7) is 0.742. The van der Waals surface area contributed by atoms with Crippen LogP contribution in [0.4, 0.5) is 0 Å². The Hall–Kier alpha value is -1.47. The molecule has 0 aliphatic heterocycles. The minimum atomic E-state index is -1.50. The highest BCUT2D eigenvalue weighted by molar-refractivity contribution is 5.75. The van der Waals surface area contributed by atoms with E-state index in [1.165, 1.54) is 0 Å². The molecule has 0 aromatic heterocycles. The van der Waals surface area contributed by atoms with Gasteiger partial charge < -0.3 is 26.4 Å². The molecular weight excluding hydrogens is 248 g/mol. The molecule has 0 saturated carbocycles. The monoisotopic (exact) mass is 268 g/mol. The van der Waals surface area contributed by atoms with Crippen molar-refractivity contribution in [2.24, 2.45) is 11.5 Å². The predicted molar refractivity (Wildman–Crippen MR) is 69.9 cm³/mol. The number of hydrogen-bond acceptors (Lipinski definition) is 6. The van der Waals surface area contributed by atoms with Crippen LogP contribution in [0, 0.1) is 0 Å². The van der Waals surface area contributed by atoms with Crippen molar-refractivity contribution < 1.29 is 19.7 Å². The van der Waals surface area contributed by atoms with Gasteiger partial charge in [-0.15, -0.1) is 0 Å². The van der Waals surface area contributed by atoms with Crippen LogP contribution in [0.1, 0.15) is 23.8 Å². The molecule has 1 atom stereocenters. The molecule has 0 heterocycles. The summed E-state index contributed by atoms with van der Waals surface area (Å²) in [7, 11) is 0. The van der Waals surface area contributed by atoms with Gasteiger partial charge in [-0.25, -0.2) is 0 Å². The van der Waals surface area contributed by atoms with Crippen molar-refractivity contribution in [1.82, 2.24) is 0 Å². The maximum atomic E-state index is 11.5. The molecule has 0 fully saturated rings. The van der Waals surface area contributed by atoms with Gasteiger partial charge in [0.05, 0.1) is 6.61 Å². The Kier molecular flexibility index (Phi) is 6.44. The minimum absolute atomic E-state index is 0.276. The second kappa shape index (κ2) is 7.85. The molecule has 1 rings (SSSR count). The van der Waals surface area contributed by atoms with Gasteiger partial charge in [-0.3, -0.25) is 4.79 Å². The first-order valence-electron chi connectivity index (χ1n) is 6.12. The first-order chi connectivity index (χ1) is 9.04. The van der Waals surface area contributed by atoms with Gasteiger partial charge >= 0.3 is 5.97 Å². The number of rotatable bonds is 7. The summed E-state index contributed by atoms with van der Waals surface area (Å²) in [6.07, 6.45) is -0.547. The lowest BCUT2D eigenvalue weighted by molar-refractivity contribution is -0.145. The molecule has 0 saturated heterocycles. The van der Waals surface area contributed by atoms with Crippen LogP contribution in [0.2, 0.25) is 0 Å². The Balaban J connectivity index is 2.47. The highest BCUT2D eigenvalue weighted by Crippen LogP contribution is 2.12. The third-order valence-corrected chi connectivity index (χ3v) is 2.63. The summed E-state index contributed by atoms with van der Waals surface area (Å²) < 4.78 is 4.95. The van der Waals surface area contributed by atoms with Crippen molar-refractivity contribution >= 4 is 5.97 Å². The third kappa shape index (κ3) is 5.35. The van der Waals surface area contributed by atoms with E-state index in [4.69, 9.17) is 26.4 Å². The molecule has 106 valence electrons. The van der Waals surface area contributed by atoms with E-state index < -0.39 is 18.3 Å². The summed E-state index contributed by atoms with van der Waals surface area (Å²) in [5.41, 5.74) is 12.2. The summed E-state index contributed by atoms with van der Waals surface area (Å²) in [6, 6.07) is 5.81. The van der Waals surface area contributed by atoms with Gasteiger partial charge in [0.15, 0.2) is 6.29 Å². The quantitative estimate of drug-likeness (QED) is 0.299. The second-order valence-electron chi connectivity index (χ2n) is 4.24. The lowest BCUT2D eigenvalue weighted by Gasteiger charge is -2.12. The molecule has 19 heavy (non-hydrogen) atoms. The van der Waals surface area contributed by atoms with Crippen LogP contribution in [0.5, 0.6) is 0 Å². The van der Waals surface area contributed by atoms with E-state index in [-0.39, 0.29) is 6.61 Å². The zero-order valence-electron chi connectivity index (χ0n) is 10.7. The molecule has 6 nitrogen and oxygen atoms in total. The average Bonchev–Trinajstić information content (AvgIpc) is 2.39. The number of hydrogen-bond donors (Lipinski definition) is 4. The maximum Gasteiger partial charge on any atom is 0.323 e. The van der Waals surface area contributed by atoms with Crippen LogP contribution in [-0.4, -0.2) is 35.4 Å². The van der Waals surface area contributed by atoms with Crippen LogP contribution in [0.25, 0.3) is 0 Å². The highest BCUT2D eigenvalue weighted by Gasteiger charge is 2.15. The fraction of sp³-hybridized carbons (Fsp3) is 0.462. The van der Waals surface area contributed by atoms with E-state index in [0.717, 1.165) is 5.56 Å². The molecule has 1 aromatic rings. The number of aliphatic hydroxyl groups excluding tert-OH is 1. The molecule has 6 N–H and O–H groups in total. The number of nitrogens with two attached hydrogens (primary N) is 2.